The minimum atomic E-state index is -0.201. The van der Waals surface area contributed by atoms with E-state index in [1.54, 1.807) is 0 Å². The zero-order valence-corrected chi connectivity index (χ0v) is 10.9. The van der Waals surface area contributed by atoms with Crippen LogP contribution in [0.2, 0.25) is 0 Å². The van der Waals surface area contributed by atoms with E-state index < -0.39 is 0 Å². The Morgan fingerprint density at radius 3 is 2.17 bits per heavy atom. The molecule has 2 rings (SSSR count). The number of para-hydroxylation sites is 1. The van der Waals surface area contributed by atoms with Gasteiger partial charge in [0.1, 0.15) is 5.37 Å². The van der Waals surface area contributed by atoms with Gasteiger partial charge in [0.15, 0.2) is 0 Å². The lowest BCUT2D eigenvalue weighted by molar-refractivity contribution is 0.793. The Balaban J connectivity index is 1.86. The Morgan fingerprint density at radius 1 is 0.944 bits per heavy atom. The van der Waals surface area contributed by atoms with Crippen molar-refractivity contribution in [2.45, 2.75) is 18.2 Å². The van der Waals surface area contributed by atoms with Crippen LogP contribution in [0.1, 0.15) is 12.0 Å². The van der Waals surface area contributed by atoms with Gasteiger partial charge in [-0.1, -0.05) is 48.5 Å². The average molecular weight is 261 g/mol. The molecule has 18 heavy (non-hydrogen) atoms. The maximum atomic E-state index is 12.9. The first-order valence-corrected chi connectivity index (χ1v) is 6.79. The molecule has 1 nitrogen and oxygen atoms in total. The molecular formula is C15H16FNS. The van der Waals surface area contributed by atoms with Crippen LogP contribution >= 0.6 is 12.1 Å². The topological polar surface area (TPSA) is 12.0 Å². The molecule has 94 valence electrons. The van der Waals surface area contributed by atoms with Crippen molar-refractivity contribution < 1.29 is 3.89 Å². The summed E-state index contributed by atoms with van der Waals surface area (Å²) >= 11 is 0.373. The lowest BCUT2D eigenvalue weighted by atomic mass is 10.1. The molecule has 0 aliphatic heterocycles. The van der Waals surface area contributed by atoms with Gasteiger partial charge in [-0.25, -0.2) is 0 Å². The van der Waals surface area contributed by atoms with Crippen LogP contribution in [0.15, 0.2) is 60.7 Å². The number of hydrogen-bond acceptors (Lipinski definition) is 2. The number of halogens is 1. The van der Waals surface area contributed by atoms with Crippen LogP contribution in [0, 0.1) is 0 Å². The second-order valence-corrected chi connectivity index (χ2v) is 4.86. The number of nitrogens with one attached hydrogen (secondary N) is 1. The Labute approximate surface area is 112 Å². The predicted molar refractivity (Wildman–Crippen MR) is 77.3 cm³/mol. The molecule has 2 aromatic rings. The molecule has 1 N–H and O–H groups in total. The van der Waals surface area contributed by atoms with Crippen molar-refractivity contribution in [2.24, 2.45) is 0 Å². The van der Waals surface area contributed by atoms with Gasteiger partial charge in [0.05, 0.1) is 12.1 Å². The van der Waals surface area contributed by atoms with Crippen molar-refractivity contribution in [3.8, 4) is 0 Å². The van der Waals surface area contributed by atoms with Gasteiger partial charge in [0.2, 0.25) is 0 Å². The van der Waals surface area contributed by atoms with Crippen LogP contribution in [0.25, 0.3) is 0 Å². The molecule has 1 unspecified atom stereocenters. The van der Waals surface area contributed by atoms with Gasteiger partial charge in [-0.15, -0.1) is 0 Å². The molecule has 0 saturated carbocycles. The quantitative estimate of drug-likeness (QED) is 0.758. The van der Waals surface area contributed by atoms with Crippen LogP contribution < -0.4 is 5.32 Å². The van der Waals surface area contributed by atoms with Crippen molar-refractivity contribution >= 4 is 17.8 Å². The molecule has 0 spiro atoms. The number of rotatable bonds is 6. The van der Waals surface area contributed by atoms with Crippen LogP contribution in [0.3, 0.4) is 0 Å². The fourth-order valence-corrected chi connectivity index (χ4v) is 2.19. The van der Waals surface area contributed by atoms with E-state index in [1.807, 2.05) is 48.5 Å². The SMILES string of the molecule is FSC(CCc1ccccc1)Nc1ccccc1. The van der Waals surface area contributed by atoms with Crippen molar-refractivity contribution in [1.82, 2.24) is 0 Å². The van der Waals surface area contributed by atoms with Gasteiger partial charge in [0.25, 0.3) is 0 Å². The van der Waals surface area contributed by atoms with Gasteiger partial charge >= 0.3 is 0 Å². The minimum absolute atomic E-state index is 0.201. The molecular weight excluding hydrogens is 245 g/mol. The summed E-state index contributed by atoms with van der Waals surface area (Å²) in [5, 5.41) is 2.99. The lowest BCUT2D eigenvalue weighted by Crippen LogP contribution is -2.15. The summed E-state index contributed by atoms with van der Waals surface area (Å²) in [5.41, 5.74) is 2.20. The van der Waals surface area contributed by atoms with E-state index in [4.69, 9.17) is 0 Å². The number of aryl methyl sites for hydroxylation is 1. The molecule has 0 amide bonds. The van der Waals surface area contributed by atoms with E-state index >= 15 is 0 Å². The monoisotopic (exact) mass is 261 g/mol. The molecule has 0 aliphatic rings. The Bertz CT molecular complexity index is 447. The molecule has 3 heteroatoms. The minimum Gasteiger partial charge on any atom is -0.371 e. The summed E-state index contributed by atoms with van der Waals surface area (Å²) in [6.45, 7) is 0. The molecule has 0 aromatic heterocycles. The second-order valence-electron chi connectivity index (χ2n) is 4.11. The predicted octanol–water partition coefficient (Wildman–Crippen LogP) is 4.68. The van der Waals surface area contributed by atoms with Gasteiger partial charge in [-0.2, -0.15) is 3.89 Å². The third-order valence-corrected chi connectivity index (χ3v) is 3.32. The van der Waals surface area contributed by atoms with Gasteiger partial charge in [-0.3, -0.25) is 0 Å². The van der Waals surface area contributed by atoms with Gasteiger partial charge in [-0.05, 0) is 30.5 Å². The number of hydrogen-bond donors (Lipinski definition) is 1. The Hall–Kier alpha value is -1.48. The standard InChI is InChI=1S/C15H16FNS/c16-18-15(17-14-9-5-2-6-10-14)12-11-13-7-3-1-4-8-13/h1-10,15,17H,11-12H2. The summed E-state index contributed by atoms with van der Waals surface area (Å²) in [4.78, 5) is 0. The summed E-state index contributed by atoms with van der Waals surface area (Å²) in [6, 6.07) is 19.9. The largest absolute Gasteiger partial charge is 0.371 e. The summed E-state index contributed by atoms with van der Waals surface area (Å²) < 4.78 is 12.9. The third kappa shape index (κ3) is 4.08. The Morgan fingerprint density at radius 2 is 1.56 bits per heavy atom. The maximum Gasteiger partial charge on any atom is 0.104 e. The highest BCUT2D eigenvalue weighted by Crippen LogP contribution is 2.20. The van der Waals surface area contributed by atoms with Crippen molar-refractivity contribution in [3.05, 3.63) is 66.2 Å². The second kappa shape index (κ2) is 7.07. The summed E-state index contributed by atoms with van der Waals surface area (Å²) in [5.74, 6) is 0. The van der Waals surface area contributed by atoms with Crippen LogP contribution in [0.5, 0.6) is 0 Å². The van der Waals surface area contributed by atoms with E-state index in [0.717, 1.165) is 18.5 Å². The van der Waals surface area contributed by atoms with Crippen LogP contribution in [-0.2, 0) is 6.42 Å². The molecule has 0 fully saturated rings. The van der Waals surface area contributed by atoms with Crippen molar-refractivity contribution in [3.63, 3.8) is 0 Å². The summed E-state index contributed by atoms with van der Waals surface area (Å²) in [6.07, 6.45) is 1.64. The fourth-order valence-electron chi connectivity index (χ4n) is 1.80. The zero-order chi connectivity index (χ0) is 12.6. The Kier molecular flexibility index (Phi) is 5.09. The van der Waals surface area contributed by atoms with Gasteiger partial charge < -0.3 is 5.32 Å². The highest BCUT2D eigenvalue weighted by atomic mass is 32.2. The smallest absolute Gasteiger partial charge is 0.104 e. The van der Waals surface area contributed by atoms with E-state index in [2.05, 4.69) is 17.4 Å². The van der Waals surface area contributed by atoms with E-state index in [9.17, 15) is 3.89 Å². The van der Waals surface area contributed by atoms with Crippen molar-refractivity contribution in [1.29, 1.82) is 0 Å². The highest BCUT2D eigenvalue weighted by molar-refractivity contribution is 7.95. The highest BCUT2D eigenvalue weighted by Gasteiger charge is 2.09. The maximum absolute atomic E-state index is 12.9. The van der Waals surface area contributed by atoms with E-state index in [-0.39, 0.29) is 5.37 Å². The van der Waals surface area contributed by atoms with Crippen LogP contribution in [0.4, 0.5) is 9.57 Å². The molecule has 1 atom stereocenters. The third-order valence-electron chi connectivity index (χ3n) is 2.75. The zero-order valence-electron chi connectivity index (χ0n) is 10.1. The number of benzene rings is 2. The molecule has 0 heterocycles. The average Bonchev–Trinajstić information content (AvgIpc) is 2.45. The molecule has 0 radical (unpaired) electrons. The molecule has 0 aliphatic carbocycles. The first kappa shape index (κ1) is 13.0. The van der Waals surface area contributed by atoms with Crippen LogP contribution in [-0.4, -0.2) is 5.37 Å². The van der Waals surface area contributed by atoms with Gasteiger partial charge in [0, 0.05) is 5.69 Å². The fraction of sp³-hybridized carbons (Fsp3) is 0.200. The molecule has 0 bridgehead atoms. The normalized spacial score (nSPS) is 12.1. The first-order valence-electron chi connectivity index (χ1n) is 6.01. The molecule has 2 aromatic carbocycles. The summed E-state index contributed by atoms with van der Waals surface area (Å²) in [7, 11) is 0. The number of anilines is 1. The van der Waals surface area contributed by atoms with Crippen molar-refractivity contribution in [2.75, 3.05) is 5.32 Å². The molecule has 0 saturated heterocycles. The first-order chi connectivity index (χ1) is 8.88. The van der Waals surface area contributed by atoms with E-state index in [1.165, 1.54) is 5.56 Å². The van der Waals surface area contributed by atoms with E-state index in [0.29, 0.717) is 12.1 Å². The lowest BCUT2D eigenvalue weighted by Gasteiger charge is -2.15.